The van der Waals surface area contributed by atoms with Crippen molar-refractivity contribution in [2.45, 2.75) is 19.1 Å². The summed E-state index contributed by atoms with van der Waals surface area (Å²) in [6.45, 7) is 1.63. The molecule has 0 bridgehead atoms. The standard InChI is InChI=1S/C26H20F3N7O2/c1-15(32-24(37)20-21(30)34-35-14-6-13-31-23(20)35)22-33-18-10-5-7-16(11-12-26(27,28)29)19(18)25(38)36(22)17-8-3-2-4-9-17/h2-15H,1H3,(H2,30,34)(H,32,37)/b12-11+/t15-/m0/s1. The highest BCUT2D eigenvalue weighted by molar-refractivity contribution is 6.04. The van der Waals surface area contributed by atoms with Crippen molar-refractivity contribution in [1.29, 1.82) is 0 Å². The van der Waals surface area contributed by atoms with Crippen molar-refractivity contribution < 1.29 is 18.0 Å². The lowest BCUT2D eigenvalue weighted by molar-refractivity contribution is -0.0790. The Morgan fingerprint density at radius 3 is 2.61 bits per heavy atom. The summed E-state index contributed by atoms with van der Waals surface area (Å²) in [6, 6.07) is 13.8. The van der Waals surface area contributed by atoms with E-state index in [0.717, 1.165) is 6.08 Å². The zero-order valence-corrected chi connectivity index (χ0v) is 19.8. The number of anilines is 1. The number of benzene rings is 2. The quantitative estimate of drug-likeness (QED) is 0.361. The number of nitrogens with two attached hydrogens (primary N) is 1. The van der Waals surface area contributed by atoms with E-state index in [1.165, 1.54) is 33.5 Å². The Morgan fingerprint density at radius 1 is 1.11 bits per heavy atom. The normalized spacial score (nSPS) is 12.8. The van der Waals surface area contributed by atoms with Crippen molar-refractivity contribution in [3.8, 4) is 5.69 Å². The number of nitrogen functional groups attached to an aromatic ring is 1. The molecule has 3 aromatic heterocycles. The fourth-order valence-corrected chi connectivity index (χ4v) is 4.17. The molecule has 0 radical (unpaired) electrons. The van der Waals surface area contributed by atoms with Crippen molar-refractivity contribution in [1.82, 2.24) is 29.5 Å². The minimum atomic E-state index is -4.55. The van der Waals surface area contributed by atoms with E-state index in [9.17, 15) is 22.8 Å². The molecule has 0 aliphatic carbocycles. The van der Waals surface area contributed by atoms with Gasteiger partial charge in [0, 0.05) is 18.5 Å². The number of carbonyl (C=O) groups excluding carboxylic acids is 1. The molecule has 5 rings (SSSR count). The number of nitrogens with zero attached hydrogens (tertiary/aromatic N) is 5. The largest absolute Gasteiger partial charge is 0.409 e. The third-order valence-corrected chi connectivity index (χ3v) is 5.81. The molecule has 192 valence electrons. The number of para-hydroxylation sites is 1. The van der Waals surface area contributed by atoms with Crippen LogP contribution in [0, 0.1) is 0 Å². The van der Waals surface area contributed by atoms with E-state index in [0.29, 0.717) is 5.69 Å². The highest BCUT2D eigenvalue weighted by atomic mass is 19.4. The number of amides is 1. The lowest BCUT2D eigenvalue weighted by Gasteiger charge is -2.20. The first kappa shape index (κ1) is 24.7. The monoisotopic (exact) mass is 519 g/mol. The first-order valence-corrected chi connectivity index (χ1v) is 11.4. The van der Waals surface area contributed by atoms with E-state index < -0.39 is 23.7 Å². The van der Waals surface area contributed by atoms with Crippen molar-refractivity contribution >= 4 is 34.4 Å². The minimum Gasteiger partial charge on any atom is -0.381 e. The van der Waals surface area contributed by atoms with Gasteiger partial charge >= 0.3 is 6.18 Å². The molecule has 12 heteroatoms. The van der Waals surface area contributed by atoms with Gasteiger partial charge < -0.3 is 11.1 Å². The molecule has 0 saturated heterocycles. The zero-order valence-electron chi connectivity index (χ0n) is 19.8. The van der Waals surface area contributed by atoms with Gasteiger partial charge in [-0.25, -0.2) is 14.5 Å². The van der Waals surface area contributed by atoms with Gasteiger partial charge in [-0.1, -0.05) is 30.3 Å². The average Bonchev–Trinajstić information content (AvgIpc) is 3.23. The van der Waals surface area contributed by atoms with Gasteiger partial charge in [0.25, 0.3) is 11.5 Å². The van der Waals surface area contributed by atoms with E-state index in [1.54, 1.807) is 49.5 Å². The Bertz CT molecular complexity index is 1760. The van der Waals surface area contributed by atoms with Crippen LogP contribution in [0.5, 0.6) is 0 Å². The van der Waals surface area contributed by atoms with Crippen LogP contribution in [0.1, 0.15) is 34.7 Å². The summed E-state index contributed by atoms with van der Waals surface area (Å²) in [7, 11) is 0. The van der Waals surface area contributed by atoms with Crippen LogP contribution in [0.15, 0.2) is 77.9 Å². The van der Waals surface area contributed by atoms with E-state index in [1.807, 2.05) is 0 Å². The molecule has 0 aliphatic heterocycles. The maximum atomic E-state index is 13.8. The molecule has 0 aliphatic rings. The van der Waals surface area contributed by atoms with Gasteiger partial charge in [0.2, 0.25) is 0 Å². The molecule has 3 heterocycles. The number of carbonyl (C=O) groups is 1. The lowest BCUT2D eigenvalue weighted by atomic mass is 10.1. The summed E-state index contributed by atoms with van der Waals surface area (Å²) in [5, 5.41) is 6.90. The van der Waals surface area contributed by atoms with Gasteiger partial charge in [-0.15, -0.1) is 5.10 Å². The summed E-state index contributed by atoms with van der Waals surface area (Å²) in [6.07, 6.45) is -0.547. The predicted octanol–water partition coefficient (Wildman–Crippen LogP) is 4.08. The third-order valence-electron chi connectivity index (χ3n) is 5.81. The van der Waals surface area contributed by atoms with Gasteiger partial charge in [-0.2, -0.15) is 13.2 Å². The maximum absolute atomic E-state index is 13.8. The van der Waals surface area contributed by atoms with Crippen LogP contribution in [0.2, 0.25) is 0 Å². The van der Waals surface area contributed by atoms with Crippen molar-refractivity contribution in [3.05, 3.63) is 100 Å². The first-order chi connectivity index (χ1) is 18.1. The average molecular weight is 519 g/mol. The van der Waals surface area contributed by atoms with E-state index in [4.69, 9.17) is 5.73 Å². The summed E-state index contributed by atoms with van der Waals surface area (Å²) >= 11 is 0. The van der Waals surface area contributed by atoms with Crippen LogP contribution in [0.3, 0.4) is 0 Å². The molecule has 5 aromatic rings. The fraction of sp³-hybridized carbons (Fsp3) is 0.115. The second-order valence-electron chi connectivity index (χ2n) is 8.41. The second-order valence-corrected chi connectivity index (χ2v) is 8.41. The van der Waals surface area contributed by atoms with Crippen LogP contribution < -0.4 is 16.6 Å². The molecule has 1 atom stereocenters. The summed E-state index contributed by atoms with van der Waals surface area (Å²) in [5.41, 5.74) is 6.37. The van der Waals surface area contributed by atoms with Crippen LogP contribution in [0.25, 0.3) is 28.3 Å². The van der Waals surface area contributed by atoms with Crippen molar-refractivity contribution in [3.63, 3.8) is 0 Å². The Hall–Kier alpha value is -5.00. The highest BCUT2D eigenvalue weighted by Gasteiger charge is 2.25. The molecular formula is C26H20F3N7O2. The SMILES string of the molecule is C[C@H](NC(=O)c1c(N)nn2cccnc12)c1nc2cccc(/C=C/C(F)(F)F)c2c(=O)n1-c1ccccc1. The number of halogens is 3. The van der Waals surface area contributed by atoms with Gasteiger partial charge in [-0.3, -0.25) is 14.2 Å². The Kier molecular flexibility index (Phi) is 6.15. The minimum absolute atomic E-state index is 0.00945. The van der Waals surface area contributed by atoms with Crippen molar-refractivity contribution in [2.24, 2.45) is 0 Å². The fourth-order valence-electron chi connectivity index (χ4n) is 4.17. The number of rotatable bonds is 5. The van der Waals surface area contributed by atoms with Gasteiger partial charge in [-0.05, 0) is 42.8 Å². The third kappa shape index (κ3) is 4.59. The molecule has 1 amide bonds. The van der Waals surface area contributed by atoms with Crippen LogP contribution >= 0.6 is 0 Å². The predicted molar refractivity (Wildman–Crippen MR) is 136 cm³/mol. The lowest BCUT2D eigenvalue weighted by Crippen LogP contribution is -2.33. The van der Waals surface area contributed by atoms with Crippen LogP contribution in [-0.4, -0.2) is 36.2 Å². The summed E-state index contributed by atoms with van der Waals surface area (Å²) in [4.78, 5) is 35.8. The van der Waals surface area contributed by atoms with E-state index in [-0.39, 0.29) is 45.4 Å². The molecule has 0 fully saturated rings. The number of hydrogen-bond acceptors (Lipinski definition) is 6. The molecule has 0 unspecified atom stereocenters. The topological polar surface area (TPSA) is 120 Å². The molecule has 3 N–H and O–H groups in total. The summed E-state index contributed by atoms with van der Waals surface area (Å²) in [5.74, 6) is -0.442. The maximum Gasteiger partial charge on any atom is 0.409 e. The van der Waals surface area contributed by atoms with E-state index in [2.05, 4.69) is 20.4 Å². The number of alkyl halides is 3. The number of nitrogens with one attached hydrogen (secondary N) is 1. The molecule has 0 saturated carbocycles. The highest BCUT2D eigenvalue weighted by Crippen LogP contribution is 2.24. The van der Waals surface area contributed by atoms with Gasteiger partial charge in [0.1, 0.15) is 11.4 Å². The first-order valence-electron chi connectivity index (χ1n) is 11.4. The van der Waals surface area contributed by atoms with Gasteiger partial charge in [0.15, 0.2) is 11.5 Å². The zero-order chi connectivity index (χ0) is 27.0. The second kappa shape index (κ2) is 9.47. The summed E-state index contributed by atoms with van der Waals surface area (Å²) < 4.78 is 41.3. The Morgan fingerprint density at radius 2 is 1.87 bits per heavy atom. The molecular weight excluding hydrogens is 499 g/mol. The Balaban J connectivity index is 1.65. The Labute approximate surface area is 213 Å². The number of aromatic nitrogens is 5. The number of allylic oxidation sites excluding steroid dienone is 1. The molecule has 38 heavy (non-hydrogen) atoms. The van der Waals surface area contributed by atoms with Crippen molar-refractivity contribution in [2.75, 3.05) is 5.73 Å². The van der Waals surface area contributed by atoms with Gasteiger partial charge in [0.05, 0.1) is 22.6 Å². The number of hydrogen-bond donors (Lipinski definition) is 2. The molecule has 0 spiro atoms. The van der Waals surface area contributed by atoms with Crippen LogP contribution in [0.4, 0.5) is 19.0 Å². The number of fused-ring (bicyclic) bond motifs is 2. The van der Waals surface area contributed by atoms with Crippen LogP contribution in [-0.2, 0) is 0 Å². The molecule has 9 nitrogen and oxygen atoms in total. The molecule has 2 aromatic carbocycles. The smallest absolute Gasteiger partial charge is 0.381 e. The van der Waals surface area contributed by atoms with E-state index >= 15 is 0 Å².